The van der Waals surface area contributed by atoms with Gasteiger partial charge in [-0.25, -0.2) is 0 Å². The number of allylic oxidation sites excluding steroid dienone is 2. The lowest BCUT2D eigenvalue weighted by atomic mass is 9.81. The predicted octanol–water partition coefficient (Wildman–Crippen LogP) is 0.311. The van der Waals surface area contributed by atoms with Crippen LogP contribution in [0.3, 0.4) is 0 Å². The second kappa shape index (κ2) is 13.9. The van der Waals surface area contributed by atoms with E-state index in [9.17, 15) is 10.2 Å². The van der Waals surface area contributed by atoms with E-state index in [1.807, 2.05) is 6.07 Å². The van der Waals surface area contributed by atoms with Crippen molar-refractivity contribution in [2.45, 2.75) is 19.8 Å². The van der Waals surface area contributed by atoms with Gasteiger partial charge in [0.15, 0.2) is 5.78 Å². The number of pyridine rings is 1. The molecule has 4 N–H and O–H groups in total. The Balaban J connectivity index is 0.000000229. The van der Waals surface area contributed by atoms with Crippen LogP contribution in [0.2, 0.25) is 0 Å². The van der Waals surface area contributed by atoms with E-state index in [0.29, 0.717) is 21.8 Å². The largest absolute Gasteiger partial charge is 0.763 e. The molecule has 8 nitrogen and oxygen atoms in total. The molecule has 31 heavy (non-hydrogen) atoms. The van der Waals surface area contributed by atoms with Crippen LogP contribution in [0.4, 0.5) is 0 Å². The second-order valence-corrected chi connectivity index (χ2v) is 7.54. The number of morpholine rings is 2. The van der Waals surface area contributed by atoms with Crippen molar-refractivity contribution in [1.29, 1.82) is 0 Å². The molecule has 4 rings (SSSR count). The third-order valence-electron chi connectivity index (χ3n) is 4.82. The number of thiocarbonyl (C=S) groups is 1. The zero-order valence-electron chi connectivity index (χ0n) is 18.1. The Kier molecular flexibility index (Phi) is 11.2. The van der Waals surface area contributed by atoms with Crippen LogP contribution >= 0.6 is 12.2 Å². The van der Waals surface area contributed by atoms with Crippen LogP contribution in [-0.4, -0.2) is 74.2 Å². The lowest BCUT2D eigenvalue weighted by Gasteiger charge is -2.30. The number of nitrogens with zero attached hydrogens (tertiary/aromatic N) is 2. The highest BCUT2D eigenvalue weighted by Gasteiger charge is 2.31. The van der Waals surface area contributed by atoms with E-state index in [2.05, 4.69) is 26.8 Å². The van der Waals surface area contributed by atoms with Crippen LogP contribution in [-0.2, 0) is 14.3 Å². The van der Waals surface area contributed by atoms with Gasteiger partial charge in [0, 0.05) is 48.2 Å². The SMILES string of the molecule is C1COCCN1.C1COCC[NH2+]1.CC(=O)C1=C(C)NC(=S)C(=C=[N-])C1c1cccnc1. The predicted molar refractivity (Wildman–Crippen MR) is 124 cm³/mol. The van der Waals surface area contributed by atoms with Crippen LogP contribution in [0, 0.1) is 0 Å². The molecule has 2 saturated heterocycles. The molecule has 0 bridgehead atoms. The second-order valence-electron chi connectivity index (χ2n) is 7.13. The first-order valence-electron chi connectivity index (χ1n) is 10.4. The Hall–Kier alpha value is -2.26. The third kappa shape index (κ3) is 8.06. The average molecular weight is 446 g/mol. The number of hydrogen-bond donors (Lipinski definition) is 3. The van der Waals surface area contributed by atoms with Gasteiger partial charge in [-0.3, -0.25) is 15.6 Å². The van der Waals surface area contributed by atoms with Gasteiger partial charge in [0.25, 0.3) is 0 Å². The van der Waals surface area contributed by atoms with Crippen LogP contribution in [0.1, 0.15) is 25.3 Å². The molecule has 168 valence electrons. The molecule has 0 spiro atoms. The van der Waals surface area contributed by atoms with Crippen LogP contribution in [0.5, 0.6) is 0 Å². The molecule has 3 aliphatic rings. The Morgan fingerprint density at radius 2 is 1.94 bits per heavy atom. The number of carbonyl (C=O) groups excluding carboxylic acids is 1. The number of aromatic nitrogens is 1. The number of nitrogens with two attached hydrogens (primary N) is 1. The van der Waals surface area contributed by atoms with Crippen LogP contribution in [0.15, 0.2) is 41.4 Å². The van der Waals surface area contributed by atoms with Crippen molar-refractivity contribution in [3.63, 3.8) is 0 Å². The molecule has 0 aliphatic carbocycles. The highest BCUT2D eigenvalue weighted by Crippen LogP contribution is 2.35. The first-order chi connectivity index (χ1) is 15.1. The maximum atomic E-state index is 11.9. The number of Topliss-reactive ketones (excluding diaryl/α,β-unsaturated/α-hetero) is 1. The van der Waals surface area contributed by atoms with Crippen molar-refractivity contribution in [3.05, 3.63) is 52.3 Å². The van der Waals surface area contributed by atoms with Crippen molar-refractivity contribution in [3.8, 4) is 0 Å². The van der Waals surface area contributed by atoms with Crippen molar-refractivity contribution in [2.75, 3.05) is 52.6 Å². The minimum atomic E-state index is -0.426. The number of rotatable bonds is 2. The fourth-order valence-electron chi connectivity index (χ4n) is 3.36. The van der Waals surface area contributed by atoms with Gasteiger partial charge in [-0.15, -0.1) is 0 Å². The number of ether oxygens (including phenoxy) is 2. The third-order valence-corrected chi connectivity index (χ3v) is 5.15. The Bertz CT molecular complexity index is 779. The maximum absolute atomic E-state index is 11.9. The van der Waals surface area contributed by atoms with Crippen molar-refractivity contribution < 1.29 is 19.6 Å². The van der Waals surface area contributed by atoms with Gasteiger partial charge >= 0.3 is 0 Å². The van der Waals surface area contributed by atoms with Crippen molar-refractivity contribution in [1.82, 2.24) is 15.6 Å². The molecule has 4 heterocycles. The Labute approximate surface area is 189 Å². The van der Waals surface area contributed by atoms with E-state index < -0.39 is 5.92 Å². The summed E-state index contributed by atoms with van der Waals surface area (Å²) in [6.45, 7) is 11.3. The van der Waals surface area contributed by atoms with Crippen molar-refractivity contribution >= 4 is 28.9 Å². The van der Waals surface area contributed by atoms with E-state index in [1.54, 1.807) is 25.4 Å². The van der Waals surface area contributed by atoms with Gasteiger partial charge in [0.2, 0.25) is 0 Å². The molecule has 1 atom stereocenters. The molecular weight excluding hydrogens is 414 g/mol. The highest BCUT2D eigenvalue weighted by atomic mass is 32.1. The Morgan fingerprint density at radius 1 is 1.26 bits per heavy atom. The Morgan fingerprint density at radius 3 is 2.32 bits per heavy atom. The summed E-state index contributed by atoms with van der Waals surface area (Å²) in [5.41, 5.74) is 2.45. The average Bonchev–Trinajstić information content (AvgIpc) is 2.82. The summed E-state index contributed by atoms with van der Waals surface area (Å²) < 4.78 is 10.0. The number of hydrogen-bond acceptors (Lipinski definition) is 6. The lowest BCUT2D eigenvalue weighted by molar-refractivity contribution is -0.670. The van der Waals surface area contributed by atoms with E-state index in [0.717, 1.165) is 58.2 Å². The molecule has 0 saturated carbocycles. The van der Waals surface area contributed by atoms with E-state index in [1.165, 1.54) is 6.92 Å². The monoisotopic (exact) mass is 445 g/mol. The minimum absolute atomic E-state index is 0.0749. The summed E-state index contributed by atoms with van der Waals surface area (Å²) >= 11 is 5.18. The molecule has 1 unspecified atom stereocenters. The number of ketones is 1. The topological polar surface area (TPSA) is 111 Å². The van der Waals surface area contributed by atoms with E-state index in [4.69, 9.17) is 21.7 Å². The zero-order chi connectivity index (χ0) is 22.5. The highest BCUT2D eigenvalue weighted by molar-refractivity contribution is 7.80. The molecule has 0 aromatic carbocycles. The zero-order valence-corrected chi connectivity index (χ0v) is 19.0. The smallest absolute Gasteiger partial charge is 0.158 e. The molecular formula is C22H31N5O3S. The minimum Gasteiger partial charge on any atom is -0.763 e. The van der Waals surface area contributed by atoms with Gasteiger partial charge in [-0.1, -0.05) is 18.3 Å². The maximum Gasteiger partial charge on any atom is 0.158 e. The lowest BCUT2D eigenvalue weighted by Crippen LogP contribution is -2.87. The van der Waals surface area contributed by atoms with Gasteiger partial charge in [0.05, 0.1) is 39.5 Å². The van der Waals surface area contributed by atoms with E-state index >= 15 is 0 Å². The standard InChI is InChI=1S/C14H12N3OS.2C4H9NO/c1-8-12(9(2)18)13(10-4-3-5-16-7-10)11(6-15)14(19)17-8;2*1-3-6-4-2-5-1/h3-5,7,13H,1-2H3,(H,17,19);2*5H,1-4H2/q-1;;/p+1. The fourth-order valence-corrected chi connectivity index (χ4v) is 3.67. The normalized spacial score (nSPS) is 20.9. The number of quaternary nitrogens is 1. The summed E-state index contributed by atoms with van der Waals surface area (Å²) in [5.74, 6) is 1.61. The van der Waals surface area contributed by atoms with Gasteiger partial charge in [0.1, 0.15) is 4.99 Å². The summed E-state index contributed by atoms with van der Waals surface area (Å²) in [7, 11) is 0. The molecule has 2 fully saturated rings. The molecule has 3 aliphatic heterocycles. The molecule has 0 radical (unpaired) electrons. The first-order valence-corrected chi connectivity index (χ1v) is 10.8. The summed E-state index contributed by atoms with van der Waals surface area (Å²) in [6, 6.07) is 3.63. The van der Waals surface area contributed by atoms with Gasteiger partial charge in [-0.05, 0) is 25.5 Å². The van der Waals surface area contributed by atoms with E-state index in [-0.39, 0.29) is 5.78 Å². The van der Waals surface area contributed by atoms with Crippen LogP contribution in [0.25, 0.3) is 5.41 Å². The molecule has 9 heteroatoms. The van der Waals surface area contributed by atoms with Gasteiger partial charge < -0.3 is 30.8 Å². The fraction of sp³-hybridized carbons (Fsp3) is 0.500. The number of nitrogens with one attached hydrogen (secondary N) is 2. The first kappa shape index (κ1) is 25.0. The van der Waals surface area contributed by atoms with Gasteiger partial charge in [-0.2, -0.15) is 0 Å². The summed E-state index contributed by atoms with van der Waals surface area (Å²) in [4.78, 5) is 16.3. The number of carbonyl (C=O) groups is 1. The summed E-state index contributed by atoms with van der Waals surface area (Å²) in [6.07, 6.45) is 3.31. The molecule has 1 aromatic rings. The quantitative estimate of drug-likeness (QED) is 0.341. The molecule has 1 aromatic heterocycles. The van der Waals surface area contributed by atoms with Crippen LogP contribution < -0.4 is 16.0 Å². The molecule has 0 amide bonds. The summed E-state index contributed by atoms with van der Waals surface area (Å²) in [5, 5.41) is 17.7. The van der Waals surface area contributed by atoms with Crippen molar-refractivity contribution in [2.24, 2.45) is 0 Å².